The van der Waals surface area contributed by atoms with Gasteiger partial charge in [0, 0.05) is 38.3 Å². The van der Waals surface area contributed by atoms with Crippen molar-refractivity contribution >= 4 is 11.8 Å². The second-order valence-electron chi connectivity index (χ2n) is 8.38. The van der Waals surface area contributed by atoms with E-state index in [9.17, 15) is 9.59 Å². The highest BCUT2D eigenvalue weighted by Gasteiger charge is 2.36. The molecule has 0 saturated carbocycles. The molecule has 7 heteroatoms. The third kappa shape index (κ3) is 5.48. The summed E-state index contributed by atoms with van der Waals surface area (Å²) in [5, 5.41) is 0. The Bertz CT molecular complexity index is 859. The molecule has 1 aromatic carbocycles. The SMILES string of the molecule is CCc1ccc(CN2CC(C(=O)N(CCN(C)C)Cc3nc[nH]c3C)CC2=O)cc1. The van der Waals surface area contributed by atoms with Gasteiger partial charge in [0.2, 0.25) is 11.8 Å². The highest BCUT2D eigenvalue weighted by Crippen LogP contribution is 2.23. The van der Waals surface area contributed by atoms with Gasteiger partial charge in [-0.15, -0.1) is 0 Å². The van der Waals surface area contributed by atoms with Crippen LogP contribution >= 0.6 is 0 Å². The van der Waals surface area contributed by atoms with E-state index in [1.54, 1.807) is 6.33 Å². The number of aromatic amines is 1. The van der Waals surface area contributed by atoms with Crippen molar-refractivity contribution in [3.05, 3.63) is 53.1 Å². The average Bonchev–Trinajstić information content (AvgIpc) is 3.30. The fourth-order valence-corrected chi connectivity index (χ4v) is 3.76. The number of carbonyl (C=O) groups excluding carboxylic acids is 2. The number of carbonyl (C=O) groups is 2. The van der Waals surface area contributed by atoms with Gasteiger partial charge in [0.25, 0.3) is 0 Å². The molecular formula is C23H33N5O2. The van der Waals surface area contributed by atoms with Crippen LogP contribution in [0.4, 0.5) is 0 Å². The summed E-state index contributed by atoms with van der Waals surface area (Å²) in [5.41, 5.74) is 4.23. The zero-order valence-corrected chi connectivity index (χ0v) is 18.5. The molecule has 2 aromatic rings. The zero-order valence-electron chi connectivity index (χ0n) is 18.5. The van der Waals surface area contributed by atoms with Crippen molar-refractivity contribution in [2.24, 2.45) is 5.92 Å². The highest BCUT2D eigenvalue weighted by molar-refractivity contribution is 5.89. The minimum absolute atomic E-state index is 0.0384. The first-order valence-electron chi connectivity index (χ1n) is 10.6. The van der Waals surface area contributed by atoms with Crippen molar-refractivity contribution in [3.63, 3.8) is 0 Å². The van der Waals surface area contributed by atoms with Crippen molar-refractivity contribution in [3.8, 4) is 0 Å². The summed E-state index contributed by atoms with van der Waals surface area (Å²) >= 11 is 0. The molecule has 1 aliphatic heterocycles. The Kier molecular flexibility index (Phi) is 7.26. The maximum Gasteiger partial charge on any atom is 0.228 e. The molecule has 7 nitrogen and oxygen atoms in total. The van der Waals surface area contributed by atoms with E-state index < -0.39 is 0 Å². The normalized spacial score (nSPS) is 16.5. The molecule has 0 radical (unpaired) electrons. The highest BCUT2D eigenvalue weighted by atomic mass is 16.2. The van der Waals surface area contributed by atoms with Gasteiger partial charge in [0.05, 0.1) is 24.5 Å². The van der Waals surface area contributed by atoms with E-state index in [1.807, 2.05) is 30.8 Å². The number of nitrogens with one attached hydrogen (secondary N) is 1. The van der Waals surface area contributed by atoms with E-state index in [-0.39, 0.29) is 24.2 Å². The summed E-state index contributed by atoms with van der Waals surface area (Å²) < 4.78 is 0. The smallest absolute Gasteiger partial charge is 0.228 e. The third-order valence-corrected chi connectivity index (χ3v) is 5.77. The number of H-pyrrole nitrogens is 1. The molecule has 1 fully saturated rings. The average molecular weight is 412 g/mol. The Labute approximate surface area is 179 Å². The molecular weight excluding hydrogens is 378 g/mol. The molecule has 0 bridgehead atoms. The number of amides is 2. The number of imidazole rings is 1. The predicted octanol–water partition coefficient (Wildman–Crippen LogP) is 2.22. The van der Waals surface area contributed by atoms with Crippen LogP contribution in [0.3, 0.4) is 0 Å². The van der Waals surface area contributed by atoms with Gasteiger partial charge in [-0.25, -0.2) is 4.98 Å². The first kappa shape index (κ1) is 22.0. The van der Waals surface area contributed by atoms with Gasteiger partial charge >= 0.3 is 0 Å². The van der Waals surface area contributed by atoms with Gasteiger partial charge in [-0.05, 0) is 38.6 Å². The maximum atomic E-state index is 13.3. The molecule has 162 valence electrons. The Morgan fingerprint density at radius 2 is 1.90 bits per heavy atom. The molecule has 2 heterocycles. The van der Waals surface area contributed by atoms with Crippen LogP contribution in [0.1, 0.15) is 35.9 Å². The molecule has 1 aromatic heterocycles. The fraction of sp³-hybridized carbons (Fsp3) is 0.522. The second kappa shape index (κ2) is 9.89. The number of aromatic nitrogens is 2. The molecule has 0 aliphatic carbocycles. The number of hydrogen-bond donors (Lipinski definition) is 1. The number of benzene rings is 1. The van der Waals surface area contributed by atoms with E-state index in [0.717, 1.165) is 29.9 Å². The predicted molar refractivity (Wildman–Crippen MR) is 117 cm³/mol. The van der Waals surface area contributed by atoms with Gasteiger partial charge in [-0.1, -0.05) is 31.2 Å². The van der Waals surface area contributed by atoms with E-state index in [2.05, 4.69) is 46.1 Å². The molecule has 1 N–H and O–H groups in total. The minimum Gasteiger partial charge on any atom is -0.348 e. The third-order valence-electron chi connectivity index (χ3n) is 5.77. The number of aryl methyl sites for hydroxylation is 2. The Morgan fingerprint density at radius 1 is 1.20 bits per heavy atom. The van der Waals surface area contributed by atoms with E-state index in [1.165, 1.54) is 5.56 Å². The van der Waals surface area contributed by atoms with Crippen LogP contribution in [-0.4, -0.2) is 70.2 Å². The molecule has 3 rings (SSSR count). The van der Waals surface area contributed by atoms with Crippen LogP contribution in [0.5, 0.6) is 0 Å². The Balaban J connectivity index is 1.66. The van der Waals surface area contributed by atoms with Crippen LogP contribution < -0.4 is 0 Å². The second-order valence-corrected chi connectivity index (χ2v) is 8.38. The number of likely N-dealkylation sites (N-methyl/N-ethyl adjacent to an activating group) is 1. The lowest BCUT2D eigenvalue weighted by Crippen LogP contribution is -2.40. The lowest BCUT2D eigenvalue weighted by Gasteiger charge is -2.26. The maximum absolute atomic E-state index is 13.3. The Morgan fingerprint density at radius 3 is 2.50 bits per heavy atom. The van der Waals surface area contributed by atoms with Gasteiger partial charge in [0.15, 0.2) is 0 Å². The van der Waals surface area contributed by atoms with Crippen LogP contribution in [-0.2, 0) is 29.1 Å². The van der Waals surface area contributed by atoms with Gasteiger partial charge in [-0.3, -0.25) is 9.59 Å². The molecule has 1 unspecified atom stereocenters. The summed E-state index contributed by atoms with van der Waals surface area (Å²) in [7, 11) is 3.99. The number of rotatable bonds is 9. The van der Waals surface area contributed by atoms with E-state index >= 15 is 0 Å². The van der Waals surface area contributed by atoms with Crippen molar-refractivity contribution < 1.29 is 9.59 Å². The molecule has 1 atom stereocenters. The van der Waals surface area contributed by atoms with Crippen LogP contribution in [0.2, 0.25) is 0 Å². The van der Waals surface area contributed by atoms with Gasteiger partial charge in [-0.2, -0.15) is 0 Å². The van der Waals surface area contributed by atoms with E-state index in [4.69, 9.17) is 0 Å². The molecule has 1 aliphatic rings. The standard InChI is InChI=1S/C23H33N5O2/c1-5-18-6-8-19(9-7-18)13-28-14-20(12-22(28)29)23(30)27(11-10-26(3)4)15-21-17(2)24-16-25-21/h6-9,16,20H,5,10-15H2,1-4H3,(H,24,25). The summed E-state index contributed by atoms with van der Waals surface area (Å²) in [6.07, 6.45) is 2.94. The van der Waals surface area contributed by atoms with Crippen molar-refractivity contribution in [1.29, 1.82) is 0 Å². The lowest BCUT2D eigenvalue weighted by atomic mass is 10.1. The quantitative estimate of drug-likeness (QED) is 0.687. The fourth-order valence-electron chi connectivity index (χ4n) is 3.76. The van der Waals surface area contributed by atoms with Gasteiger partial charge in [0.1, 0.15) is 0 Å². The summed E-state index contributed by atoms with van der Waals surface area (Å²) in [6, 6.07) is 8.36. The minimum atomic E-state index is -0.297. The number of nitrogens with zero attached hydrogens (tertiary/aromatic N) is 4. The van der Waals surface area contributed by atoms with Gasteiger partial charge < -0.3 is 19.7 Å². The first-order chi connectivity index (χ1) is 14.4. The van der Waals surface area contributed by atoms with E-state index in [0.29, 0.717) is 26.2 Å². The lowest BCUT2D eigenvalue weighted by molar-refractivity contribution is -0.136. The number of likely N-dealkylation sites (tertiary alicyclic amines) is 1. The van der Waals surface area contributed by atoms with Crippen molar-refractivity contribution in [2.45, 2.75) is 39.8 Å². The number of hydrogen-bond acceptors (Lipinski definition) is 4. The first-order valence-corrected chi connectivity index (χ1v) is 10.6. The van der Waals surface area contributed by atoms with Crippen LogP contribution in [0, 0.1) is 12.8 Å². The Hall–Kier alpha value is -2.67. The molecule has 2 amide bonds. The van der Waals surface area contributed by atoms with Crippen LogP contribution in [0.25, 0.3) is 0 Å². The largest absolute Gasteiger partial charge is 0.348 e. The summed E-state index contributed by atoms with van der Waals surface area (Å²) in [5.74, 6) is -0.207. The molecule has 0 spiro atoms. The van der Waals surface area contributed by atoms with Crippen molar-refractivity contribution in [2.75, 3.05) is 33.7 Å². The molecule has 1 saturated heterocycles. The van der Waals surface area contributed by atoms with Crippen molar-refractivity contribution in [1.82, 2.24) is 24.7 Å². The summed E-state index contributed by atoms with van der Waals surface area (Å²) in [4.78, 5) is 39.1. The summed E-state index contributed by atoms with van der Waals surface area (Å²) in [6.45, 7) is 6.97. The monoisotopic (exact) mass is 411 g/mol. The zero-order chi connectivity index (χ0) is 21.7. The topological polar surface area (TPSA) is 72.5 Å². The van der Waals surface area contributed by atoms with Crippen LogP contribution in [0.15, 0.2) is 30.6 Å². The molecule has 30 heavy (non-hydrogen) atoms.